The monoisotopic (exact) mass is 470 g/mol. The van der Waals surface area contributed by atoms with Gasteiger partial charge in [-0.05, 0) is 30.3 Å². The van der Waals surface area contributed by atoms with E-state index in [9.17, 15) is 9.59 Å². The van der Waals surface area contributed by atoms with Crippen molar-refractivity contribution in [3.05, 3.63) is 64.5 Å². The Kier molecular flexibility index (Phi) is 6.61. The van der Waals surface area contributed by atoms with Gasteiger partial charge in [-0.15, -0.1) is 0 Å². The predicted octanol–water partition coefficient (Wildman–Crippen LogP) is 3.48. The standard InChI is InChI=1S/C21H23BrN6O2/c1-21(2,3)16-13-17(28(27-16)20-24-10-4-11-25-20)26-18(29)9-12-23-19(30)14-5-7-15(22)8-6-14/h4-8,10-11,13H,9,12H2,1-3H3,(H,23,30)(H,26,29). The predicted molar refractivity (Wildman–Crippen MR) is 118 cm³/mol. The number of nitrogens with one attached hydrogen (secondary N) is 2. The summed E-state index contributed by atoms with van der Waals surface area (Å²) in [6.45, 7) is 6.32. The van der Waals surface area contributed by atoms with Crippen molar-refractivity contribution >= 4 is 33.6 Å². The van der Waals surface area contributed by atoms with Crippen molar-refractivity contribution in [1.82, 2.24) is 25.1 Å². The molecule has 8 nitrogen and oxygen atoms in total. The molecule has 2 N–H and O–H groups in total. The van der Waals surface area contributed by atoms with E-state index in [4.69, 9.17) is 0 Å². The van der Waals surface area contributed by atoms with E-state index in [-0.39, 0.29) is 30.2 Å². The van der Waals surface area contributed by atoms with Crippen LogP contribution in [-0.4, -0.2) is 38.1 Å². The van der Waals surface area contributed by atoms with Crippen molar-refractivity contribution in [1.29, 1.82) is 0 Å². The lowest BCUT2D eigenvalue weighted by atomic mass is 9.92. The molecule has 30 heavy (non-hydrogen) atoms. The van der Waals surface area contributed by atoms with E-state index in [1.165, 1.54) is 4.68 Å². The normalized spacial score (nSPS) is 11.2. The minimum absolute atomic E-state index is 0.119. The zero-order chi connectivity index (χ0) is 21.7. The van der Waals surface area contributed by atoms with Gasteiger partial charge >= 0.3 is 0 Å². The van der Waals surface area contributed by atoms with E-state index in [0.29, 0.717) is 17.3 Å². The maximum atomic E-state index is 12.5. The van der Waals surface area contributed by atoms with E-state index >= 15 is 0 Å². The van der Waals surface area contributed by atoms with Crippen LogP contribution in [0.1, 0.15) is 43.2 Å². The zero-order valence-electron chi connectivity index (χ0n) is 17.0. The van der Waals surface area contributed by atoms with Crippen LogP contribution in [0, 0.1) is 0 Å². The number of hydrogen-bond acceptors (Lipinski definition) is 5. The minimum atomic E-state index is -0.247. The van der Waals surface area contributed by atoms with Gasteiger partial charge in [0.15, 0.2) is 0 Å². The average molecular weight is 471 g/mol. The van der Waals surface area contributed by atoms with Crippen LogP contribution in [0.2, 0.25) is 0 Å². The van der Waals surface area contributed by atoms with Gasteiger partial charge in [0.1, 0.15) is 5.82 Å². The lowest BCUT2D eigenvalue weighted by molar-refractivity contribution is -0.116. The molecule has 1 aromatic carbocycles. The SMILES string of the molecule is CC(C)(C)c1cc(NC(=O)CCNC(=O)c2ccc(Br)cc2)n(-c2ncccn2)n1. The fourth-order valence-electron chi connectivity index (χ4n) is 2.59. The molecule has 2 aromatic heterocycles. The van der Waals surface area contributed by atoms with E-state index < -0.39 is 0 Å². The summed E-state index contributed by atoms with van der Waals surface area (Å²) < 4.78 is 2.41. The number of carbonyl (C=O) groups is 2. The zero-order valence-corrected chi connectivity index (χ0v) is 18.6. The molecule has 0 aliphatic carbocycles. The fourth-order valence-corrected chi connectivity index (χ4v) is 2.85. The van der Waals surface area contributed by atoms with E-state index in [1.54, 1.807) is 42.7 Å². The summed E-state index contributed by atoms with van der Waals surface area (Å²) in [6.07, 6.45) is 3.35. The summed E-state index contributed by atoms with van der Waals surface area (Å²) in [5.41, 5.74) is 1.12. The maximum absolute atomic E-state index is 12.5. The highest BCUT2D eigenvalue weighted by Gasteiger charge is 2.22. The lowest BCUT2D eigenvalue weighted by Gasteiger charge is -2.13. The molecule has 9 heteroatoms. The Hall–Kier alpha value is -3.07. The molecule has 0 radical (unpaired) electrons. The highest BCUT2D eigenvalue weighted by atomic mass is 79.9. The van der Waals surface area contributed by atoms with Crippen molar-refractivity contribution < 1.29 is 9.59 Å². The van der Waals surface area contributed by atoms with Crippen LogP contribution in [0.4, 0.5) is 5.82 Å². The second-order valence-electron chi connectivity index (χ2n) is 7.69. The van der Waals surface area contributed by atoms with Gasteiger partial charge in [-0.25, -0.2) is 9.97 Å². The van der Waals surface area contributed by atoms with Gasteiger partial charge in [-0.3, -0.25) is 9.59 Å². The molecule has 3 aromatic rings. The molecule has 0 atom stereocenters. The summed E-state index contributed by atoms with van der Waals surface area (Å²) in [5, 5.41) is 10.2. The molecular formula is C21H23BrN6O2. The number of anilines is 1. The third-order valence-electron chi connectivity index (χ3n) is 4.23. The van der Waals surface area contributed by atoms with Crippen molar-refractivity contribution in [2.45, 2.75) is 32.6 Å². The first-order valence-corrected chi connectivity index (χ1v) is 10.2. The van der Waals surface area contributed by atoms with E-state index in [0.717, 1.165) is 10.2 Å². The molecule has 156 valence electrons. The Morgan fingerprint density at radius 1 is 1.10 bits per heavy atom. The van der Waals surface area contributed by atoms with Gasteiger partial charge in [0.05, 0.1) is 5.69 Å². The molecule has 0 spiro atoms. The van der Waals surface area contributed by atoms with Gasteiger partial charge in [-0.1, -0.05) is 36.7 Å². The third kappa shape index (κ3) is 5.50. The van der Waals surface area contributed by atoms with Crippen molar-refractivity contribution in [2.75, 3.05) is 11.9 Å². The number of benzene rings is 1. The number of halogens is 1. The summed E-state index contributed by atoms with van der Waals surface area (Å²) in [5.74, 6) is 0.374. The van der Waals surface area contributed by atoms with Crippen LogP contribution in [-0.2, 0) is 10.2 Å². The summed E-state index contributed by atoms with van der Waals surface area (Å²) in [4.78, 5) is 33.1. The summed E-state index contributed by atoms with van der Waals surface area (Å²) >= 11 is 3.33. The van der Waals surface area contributed by atoms with Crippen molar-refractivity contribution in [3.63, 3.8) is 0 Å². The highest BCUT2D eigenvalue weighted by molar-refractivity contribution is 9.10. The molecule has 0 aliphatic heterocycles. The van der Waals surface area contributed by atoms with Gasteiger partial charge in [0.25, 0.3) is 11.9 Å². The van der Waals surface area contributed by atoms with Crippen LogP contribution >= 0.6 is 15.9 Å². The Bertz CT molecular complexity index is 1030. The maximum Gasteiger partial charge on any atom is 0.252 e. The summed E-state index contributed by atoms with van der Waals surface area (Å²) in [6, 6.07) is 10.5. The van der Waals surface area contributed by atoms with Crippen LogP contribution in [0.25, 0.3) is 5.95 Å². The first-order valence-electron chi connectivity index (χ1n) is 9.45. The molecule has 0 saturated heterocycles. The Balaban J connectivity index is 1.65. The van der Waals surface area contributed by atoms with Crippen LogP contribution in [0.15, 0.2) is 53.3 Å². The largest absolute Gasteiger partial charge is 0.352 e. The molecule has 0 bridgehead atoms. The molecule has 0 unspecified atom stereocenters. The van der Waals surface area contributed by atoms with Crippen molar-refractivity contribution in [2.24, 2.45) is 0 Å². The smallest absolute Gasteiger partial charge is 0.252 e. The van der Waals surface area contributed by atoms with Gasteiger partial charge in [0.2, 0.25) is 5.91 Å². The Labute approximate surface area is 183 Å². The summed E-state index contributed by atoms with van der Waals surface area (Å²) in [7, 11) is 0. The average Bonchev–Trinajstić information content (AvgIpc) is 3.13. The van der Waals surface area contributed by atoms with Crippen LogP contribution < -0.4 is 10.6 Å². The molecule has 2 amide bonds. The molecule has 0 saturated carbocycles. The quantitative estimate of drug-likeness (QED) is 0.573. The highest BCUT2D eigenvalue weighted by Crippen LogP contribution is 2.25. The van der Waals surface area contributed by atoms with Crippen LogP contribution in [0.5, 0.6) is 0 Å². The third-order valence-corrected chi connectivity index (χ3v) is 4.76. The topological polar surface area (TPSA) is 102 Å². The molecule has 0 fully saturated rings. The Morgan fingerprint density at radius 2 is 1.77 bits per heavy atom. The number of aromatic nitrogens is 4. The van der Waals surface area contributed by atoms with Gasteiger partial charge in [-0.2, -0.15) is 9.78 Å². The van der Waals surface area contributed by atoms with Crippen molar-refractivity contribution in [3.8, 4) is 5.95 Å². The molecule has 0 aliphatic rings. The van der Waals surface area contributed by atoms with E-state index in [2.05, 4.69) is 41.6 Å². The Morgan fingerprint density at radius 3 is 2.40 bits per heavy atom. The first-order chi connectivity index (χ1) is 14.2. The van der Waals surface area contributed by atoms with Crippen LogP contribution in [0.3, 0.4) is 0 Å². The molecule has 2 heterocycles. The van der Waals surface area contributed by atoms with E-state index in [1.807, 2.05) is 26.8 Å². The second-order valence-corrected chi connectivity index (χ2v) is 8.60. The second kappa shape index (κ2) is 9.17. The number of nitrogens with zero attached hydrogens (tertiary/aromatic N) is 4. The van der Waals surface area contributed by atoms with Gasteiger partial charge in [0, 0.05) is 46.9 Å². The molecular weight excluding hydrogens is 448 g/mol. The van der Waals surface area contributed by atoms with Gasteiger partial charge < -0.3 is 10.6 Å². The lowest BCUT2D eigenvalue weighted by Crippen LogP contribution is -2.28. The molecule has 3 rings (SSSR count). The fraction of sp³-hybridized carbons (Fsp3) is 0.286. The number of hydrogen-bond donors (Lipinski definition) is 2. The number of carbonyl (C=O) groups excluding carboxylic acids is 2. The number of rotatable bonds is 6. The number of amides is 2. The minimum Gasteiger partial charge on any atom is -0.352 e. The first kappa shape index (κ1) is 21.6.